The van der Waals surface area contributed by atoms with Crippen molar-refractivity contribution in [2.75, 3.05) is 5.32 Å². The summed E-state index contributed by atoms with van der Waals surface area (Å²) in [6.45, 7) is 3.48. The van der Waals surface area contributed by atoms with Gasteiger partial charge in [0.05, 0.1) is 5.56 Å². The SMILES string of the molecule is CCCCCc1ccc(NC(=S)NC(=O)c2cc(C)oc2C(F)(F)F)cc1. The molecule has 1 aromatic heterocycles. The summed E-state index contributed by atoms with van der Waals surface area (Å²) in [7, 11) is 0. The highest BCUT2D eigenvalue weighted by Gasteiger charge is 2.40. The van der Waals surface area contributed by atoms with Crippen LogP contribution in [0.15, 0.2) is 34.7 Å². The average molecular weight is 398 g/mol. The molecule has 0 aliphatic carbocycles. The lowest BCUT2D eigenvalue weighted by molar-refractivity contribution is -0.153. The molecule has 0 unspecified atom stereocenters. The van der Waals surface area contributed by atoms with E-state index in [1.54, 1.807) is 0 Å². The van der Waals surface area contributed by atoms with Gasteiger partial charge in [-0.3, -0.25) is 10.1 Å². The third kappa shape index (κ3) is 6.09. The van der Waals surface area contributed by atoms with Crippen LogP contribution in [0.25, 0.3) is 0 Å². The maximum Gasteiger partial charge on any atom is 0.450 e. The molecule has 0 aliphatic rings. The number of furan rings is 1. The summed E-state index contributed by atoms with van der Waals surface area (Å²) < 4.78 is 43.4. The Balaban J connectivity index is 1.97. The quantitative estimate of drug-likeness (QED) is 0.501. The van der Waals surface area contributed by atoms with Gasteiger partial charge >= 0.3 is 6.18 Å². The standard InChI is InChI=1S/C19H21F3N2O2S/c1-3-4-5-6-13-7-9-14(10-8-13)23-18(27)24-17(25)15-11-12(2)26-16(15)19(20,21)22/h7-11H,3-6H2,1-2H3,(H2,23,24,25,27). The second kappa shape index (κ2) is 9.03. The molecule has 0 fully saturated rings. The normalized spacial score (nSPS) is 11.3. The number of amides is 1. The fourth-order valence-corrected chi connectivity index (χ4v) is 2.77. The first kappa shape index (κ1) is 21.0. The second-order valence-corrected chi connectivity index (χ2v) is 6.57. The van der Waals surface area contributed by atoms with Crippen molar-refractivity contribution in [3.05, 3.63) is 53.0 Å². The number of rotatable bonds is 6. The summed E-state index contributed by atoms with van der Waals surface area (Å²) >= 11 is 5.02. The molecule has 0 bridgehead atoms. The molecule has 146 valence electrons. The first-order valence-electron chi connectivity index (χ1n) is 8.59. The van der Waals surface area contributed by atoms with Gasteiger partial charge in [0, 0.05) is 5.69 Å². The minimum atomic E-state index is -4.76. The Bertz CT molecular complexity index is 798. The number of unbranched alkanes of at least 4 members (excludes halogenated alkanes) is 2. The fourth-order valence-electron chi connectivity index (χ4n) is 2.56. The lowest BCUT2D eigenvalue weighted by atomic mass is 10.1. The second-order valence-electron chi connectivity index (χ2n) is 6.16. The third-order valence-electron chi connectivity index (χ3n) is 3.87. The number of carbonyl (C=O) groups is 1. The molecule has 1 aromatic carbocycles. The zero-order valence-corrected chi connectivity index (χ0v) is 15.9. The lowest BCUT2D eigenvalue weighted by Gasteiger charge is -2.11. The summed E-state index contributed by atoms with van der Waals surface area (Å²) in [5, 5.41) is 4.95. The number of aryl methyl sites for hydroxylation is 2. The van der Waals surface area contributed by atoms with Gasteiger partial charge in [0.2, 0.25) is 5.76 Å². The van der Waals surface area contributed by atoms with Crippen LogP contribution in [0.5, 0.6) is 0 Å². The van der Waals surface area contributed by atoms with E-state index in [2.05, 4.69) is 22.0 Å². The molecule has 0 atom stereocenters. The molecule has 27 heavy (non-hydrogen) atoms. The number of nitrogens with one attached hydrogen (secondary N) is 2. The number of carbonyl (C=O) groups excluding carboxylic acids is 1. The molecule has 4 nitrogen and oxygen atoms in total. The van der Waals surface area contributed by atoms with E-state index in [9.17, 15) is 18.0 Å². The van der Waals surface area contributed by atoms with Crippen molar-refractivity contribution in [2.45, 2.75) is 45.7 Å². The molecule has 0 aliphatic heterocycles. The van der Waals surface area contributed by atoms with Crippen molar-refractivity contribution >= 4 is 28.9 Å². The number of alkyl halides is 3. The first-order chi connectivity index (χ1) is 12.7. The third-order valence-corrected chi connectivity index (χ3v) is 4.07. The van der Waals surface area contributed by atoms with Gasteiger partial charge < -0.3 is 9.73 Å². The van der Waals surface area contributed by atoms with E-state index in [1.807, 2.05) is 24.3 Å². The Morgan fingerprint density at radius 3 is 2.44 bits per heavy atom. The molecule has 1 heterocycles. The van der Waals surface area contributed by atoms with E-state index in [0.29, 0.717) is 5.69 Å². The van der Waals surface area contributed by atoms with Gasteiger partial charge in [-0.15, -0.1) is 0 Å². The summed E-state index contributed by atoms with van der Waals surface area (Å²) in [5.41, 5.74) is 1.22. The Labute approximate surface area is 161 Å². The van der Waals surface area contributed by atoms with Crippen molar-refractivity contribution < 1.29 is 22.4 Å². The Morgan fingerprint density at radius 1 is 1.19 bits per heavy atom. The summed E-state index contributed by atoms with van der Waals surface area (Å²) in [6, 6.07) is 8.55. The van der Waals surface area contributed by atoms with Crippen LogP contribution in [0.1, 0.15) is 53.6 Å². The van der Waals surface area contributed by atoms with Crippen LogP contribution in [-0.2, 0) is 12.6 Å². The summed E-state index contributed by atoms with van der Waals surface area (Å²) in [5.74, 6) is -2.32. The van der Waals surface area contributed by atoms with E-state index in [4.69, 9.17) is 12.2 Å². The zero-order valence-electron chi connectivity index (χ0n) is 15.1. The summed E-state index contributed by atoms with van der Waals surface area (Å²) in [4.78, 5) is 12.1. The van der Waals surface area contributed by atoms with E-state index < -0.39 is 23.4 Å². The van der Waals surface area contributed by atoms with Crippen LogP contribution in [0, 0.1) is 6.92 Å². The molecule has 0 spiro atoms. The zero-order chi connectivity index (χ0) is 20.0. The van der Waals surface area contributed by atoms with E-state index >= 15 is 0 Å². The van der Waals surface area contributed by atoms with Crippen molar-refractivity contribution in [1.29, 1.82) is 0 Å². The highest BCUT2D eigenvalue weighted by atomic mass is 32.1. The minimum Gasteiger partial charge on any atom is -0.456 e. The predicted octanol–water partition coefficient (Wildman–Crippen LogP) is 5.47. The molecule has 0 radical (unpaired) electrons. The van der Waals surface area contributed by atoms with Gasteiger partial charge in [0.25, 0.3) is 5.91 Å². The molecule has 2 N–H and O–H groups in total. The predicted molar refractivity (Wildman–Crippen MR) is 102 cm³/mol. The minimum absolute atomic E-state index is 0.00925. The first-order valence-corrected chi connectivity index (χ1v) is 9.00. The molecule has 2 rings (SSSR count). The molecule has 8 heteroatoms. The average Bonchev–Trinajstić information content (AvgIpc) is 2.99. The number of halogens is 3. The Morgan fingerprint density at radius 2 is 1.85 bits per heavy atom. The van der Waals surface area contributed by atoms with E-state index in [-0.39, 0.29) is 10.9 Å². The molecule has 2 aromatic rings. The fraction of sp³-hybridized carbons (Fsp3) is 0.368. The van der Waals surface area contributed by atoms with Crippen molar-refractivity contribution in [3.63, 3.8) is 0 Å². The number of anilines is 1. The highest BCUT2D eigenvalue weighted by molar-refractivity contribution is 7.80. The number of hydrogen-bond donors (Lipinski definition) is 2. The van der Waals surface area contributed by atoms with E-state index in [1.165, 1.54) is 18.9 Å². The Kier molecular flexibility index (Phi) is 7.01. The van der Waals surface area contributed by atoms with Crippen LogP contribution >= 0.6 is 12.2 Å². The van der Waals surface area contributed by atoms with Crippen LogP contribution in [0.2, 0.25) is 0 Å². The van der Waals surface area contributed by atoms with Crippen LogP contribution in [0.4, 0.5) is 18.9 Å². The Hall–Kier alpha value is -2.35. The largest absolute Gasteiger partial charge is 0.456 e. The van der Waals surface area contributed by atoms with Gasteiger partial charge in [-0.2, -0.15) is 13.2 Å². The molecule has 1 amide bonds. The maximum atomic E-state index is 12.9. The van der Waals surface area contributed by atoms with Crippen LogP contribution in [0.3, 0.4) is 0 Å². The number of hydrogen-bond acceptors (Lipinski definition) is 3. The van der Waals surface area contributed by atoms with Gasteiger partial charge in [0.1, 0.15) is 5.76 Å². The van der Waals surface area contributed by atoms with Gasteiger partial charge in [-0.05, 0) is 55.7 Å². The van der Waals surface area contributed by atoms with Gasteiger partial charge in [-0.1, -0.05) is 31.9 Å². The van der Waals surface area contributed by atoms with Crippen LogP contribution in [-0.4, -0.2) is 11.0 Å². The van der Waals surface area contributed by atoms with Crippen LogP contribution < -0.4 is 10.6 Å². The maximum absolute atomic E-state index is 12.9. The molecule has 0 saturated carbocycles. The molecular formula is C19H21F3N2O2S. The lowest BCUT2D eigenvalue weighted by Crippen LogP contribution is -2.34. The van der Waals surface area contributed by atoms with E-state index in [0.717, 1.165) is 25.3 Å². The summed E-state index contributed by atoms with van der Waals surface area (Å²) in [6.07, 6.45) is -0.342. The molecular weight excluding hydrogens is 377 g/mol. The highest BCUT2D eigenvalue weighted by Crippen LogP contribution is 2.34. The number of benzene rings is 1. The van der Waals surface area contributed by atoms with Crippen molar-refractivity contribution in [3.8, 4) is 0 Å². The monoisotopic (exact) mass is 398 g/mol. The topological polar surface area (TPSA) is 54.3 Å². The smallest absolute Gasteiger partial charge is 0.450 e. The van der Waals surface area contributed by atoms with Crippen molar-refractivity contribution in [2.24, 2.45) is 0 Å². The van der Waals surface area contributed by atoms with Crippen molar-refractivity contribution in [1.82, 2.24) is 5.32 Å². The number of thiocarbonyl (C=S) groups is 1. The molecule has 0 saturated heterocycles. The van der Waals surface area contributed by atoms with Gasteiger partial charge in [0.15, 0.2) is 5.11 Å². The van der Waals surface area contributed by atoms with Gasteiger partial charge in [-0.25, -0.2) is 0 Å².